The van der Waals surface area contributed by atoms with E-state index in [9.17, 15) is 14.1 Å². The minimum absolute atomic E-state index is 0.0291. The van der Waals surface area contributed by atoms with Crippen LogP contribution in [0.4, 0.5) is 0 Å². The van der Waals surface area contributed by atoms with Crippen LogP contribution in [0.25, 0.3) is 0 Å². The van der Waals surface area contributed by atoms with Gasteiger partial charge in [0.05, 0.1) is 6.42 Å². The van der Waals surface area contributed by atoms with Gasteiger partial charge in [-0.1, -0.05) is 54.8 Å². The van der Waals surface area contributed by atoms with Gasteiger partial charge in [-0.3, -0.25) is 14.5 Å². The molecule has 0 radical (unpaired) electrons. The molecular weight excluding hydrogens is 420 g/mol. The fourth-order valence-corrected chi connectivity index (χ4v) is 5.00. The largest absolute Gasteiger partial charge is 0.610 e. The van der Waals surface area contributed by atoms with E-state index in [0.29, 0.717) is 11.4 Å². The van der Waals surface area contributed by atoms with Gasteiger partial charge in [0, 0.05) is 22.7 Å². The maximum atomic E-state index is 12.6. The number of amides is 2. The van der Waals surface area contributed by atoms with Gasteiger partial charge in [-0.05, 0) is 49.1 Å². The zero-order chi connectivity index (χ0) is 21.3. The number of benzene rings is 2. The molecule has 5 nitrogen and oxygen atoms in total. The minimum atomic E-state index is -1.32. The van der Waals surface area contributed by atoms with E-state index in [1.165, 1.54) is 10.5 Å². The van der Waals surface area contributed by atoms with Gasteiger partial charge in [-0.15, -0.1) is 0 Å². The number of rotatable bonds is 11. The molecule has 2 aromatic rings. The number of hydrogen-bond acceptors (Lipinski definition) is 3. The predicted molar refractivity (Wildman–Crippen MR) is 120 cm³/mol. The number of halogens is 1. The zero-order valence-electron chi connectivity index (χ0n) is 16.9. The van der Waals surface area contributed by atoms with Crippen LogP contribution in [0.2, 0.25) is 5.02 Å². The molecule has 2 unspecified atom stereocenters. The van der Waals surface area contributed by atoms with E-state index in [1.807, 2.05) is 30.3 Å². The second-order valence-electron chi connectivity index (χ2n) is 7.43. The van der Waals surface area contributed by atoms with Gasteiger partial charge in [0.2, 0.25) is 17.2 Å². The Kier molecular flexibility index (Phi) is 8.61. The van der Waals surface area contributed by atoms with Crippen molar-refractivity contribution in [2.24, 2.45) is 0 Å². The number of likely N-dealkylation sites (tertiary alicyclic amines) is 1. The Morgan fingerprint density at radius 2 is 1.77 bits per heavy atom. The molecule has 0 saturated carbocycles. The molecule has 1 heterocycles. The van der Waals surface area contributed by atoms with E-state index < -0.39 is 16.5 Å². The van der Waals surface area contributed by atoms with Crippen molar-refractivity contribution in [3.05, 3.63) is 65.2 Å². The van der Waals surface area contributed by atoms with E-state index in [2.05, 4.69) is 17.4 Å². The maximum Gasteiger partial charge on any atom is 0.239 e. The summed E-state index contributed by atoms with van der Waals surface area (Å²) in [7, 11) is 0. The molecule has 0 aliphatic carbocycles. The highest BCUT2D eigenvalue weighted by Gasteiger charge is 2.46. The molecule has 2 atom stereocenters. The molecular formula is C23H27ClN2O3S. The number of carbonyl (C=O) groups is 2. The SMILES string of the molecule is O=C(CN1C(=O)CC1[S+]([O-])c1ccccc1)NCCCCCCc1ccc(Cl)cc1. The normalized spacial score (nSPS) is 16.8. The van der Waals surface area contributed by atoms with Crippen LogP contribution in [0.15, 0.2) is 59.5 Å². The standard InChI is InChI=1S/C23H27ClN2O3S/c24-19-13-11-18(12-14-19)8-4-1-2-7-15-25-21(27)17-26-22(28)16-23(26)30(29)20-9-5-3-6-10-20/h3,5-6,9-14,23H,1-2,4,7-8,15-17H2,(H,25,27). The third kappa shape index (κ3) is 6.49. The summed E-state index contributed by atoms with van der Waals surface area (Å²) in [6.45, 7) is 0.562. The summed E-state index contributed by atoms with van der Waals surface area (Å²) in [6, 6.07) is 17.0. The average molecular weight is 447 g/mol. The molecule has 1 aliphatic heterocycles. The molecule has 1 saturated heterocycles. The third-order valence-corrected chi connectivity index (χ3v) is 7.09. The molecule has 1 aliphatic rings. The third-order valence-electron chi connectivity index (χ3n) is 5.18. The Morgan fingerprint density at radius 3 is 2.47 bits per heavy atom. The number of unbranched alkanes of at least 4 members (excludes halogenated alkanes) is 3. The summed E-state index contributed by atoms with van der Waals surface area (Å²) >= 11 is 4.57. The Bertz CT molecular complexity index is 832. The summed E-state index contributed by atoms with van der Waals surface area (Å²) in [4.78, 5) is 26.2. The first-order valence-corrected chi connectivity index (χ1v) is 11.9. The van der Waals surface area contributed by atoms with Gasteiger partial charge >= 0.3 is 0 Å². The van der Waals surface area contributed by atoms with Gasteiger partial charge in [-0.2, -0.15) is 0 Å². The second kappa shape index (κ2) is 11.4. The quantitative estimate of drug-likeness (QED) is 0.323. The lowest BCUT2D eigenvalue weighted by atomic mass is 10.1. The van der Waals surface area contributed by atoms with Gasteiger partial charge in [0.25, 0.3) is 0 Å². The molecule has 2 amide bonds. The minimum Gasteiger partial charge on any atom is -0.610 e. The molecule has 160 valence electrons. The first-order chi connectivity index (χ1) is 14.5. The number of nitrogens with one attached hydrogen (secondary N) is 1. The molecule has 30 heavy (non-hydrogen) atoms. The van der Waals surface area contributed by atoms with Crippen molar-refractivity contribution in [2.75, 3.05) is 13.1 Å². The fraction of sp³-hybridized carbons (Fsp3) is 0.391. The number of hydrogen-bond donors (Lipinski definition) is 1. The van der Waals surface area contributed by atoms with Crippen LogP contribution in [-0.2, 0) is 27.2 Å². The van der Waals surface area contributed by atoms with E-state index in [0.717, 1.165) is 37.1 Å². The number of aryl methyl sites for hydroxylation is 1. The highest BCUT2D eigenvalue weighted by molar-refractivity contribution is 7.92. The number of β-lactam (4-membered cyclic amide) rings is 1. The second-order valence-corrected chi connectivity index (χ2v) is 9.48. The van der Waals surface area contributed by atoms with Crippen LogP contribution < -0.4 is 5.32 Å². The monoisotopic (exact) mass is 446 g/mol. The van der Waals surface area contributed by atoms with Crippen molar-refractivity contribution >= 4 is 34.6 Å². The van der Waals surface area contributed by atoms with Crippen LogP contribution in [0.1, 0.15) is 37.7 Å². The lowest BCUT2D eigenvalue weighted by molar-refractivity contribution is -0.145. The summed E-state index contributed by atoms with van der Waals surface area (Å²) in [6.07, 6.45) is 5.39. The summed E-state index contributed by atoms with van der Waals surface area (Å²) in [5.74, 6) is -0.319. The first-order valence-electron chi connectivity index (χ1n) is 10.3. The molecule has 0 spiro atoms. The van der Waals surface area contributed by atoms with Crippen molar-refractivity contribution in [2.45, 2.75) is 48.8 Å². The molecule has 7 heteroatoms. The van der Waals surface area contributed by atoms with Crippen molar-refractivity contribution in [3.8, 4) is 0 Å². The number of carbonyl (C=O) groups excluding carboxylic acids is 2. The molecule has 0 aromatic heterocycles. The van der Waals surface area contributed by atoms with Crippen molar-refractivity contribution < 1.29 is 14.1 Å². The van der Waals surface area contributed by atoms with E-state index in [1.54, 1.807) is 12.1 Å². The van der Waals surface area contributed by atoms with Gasteiger partial charge < -0.3 is 9.87 Å². The summed E-state index contributed by atoms with van der Waals surface area (Å²) in [5.41, 5.74) is 1.29. The number of nitrogens with zero attached hydrogens (tertiary/aromatic N) is 1. The van der Waals surface area contributed by atoms with Gasteiger partial charge in [0.15, 0.2) is 4.90 Å². The first kappa shape index (κ1) is 22.7. The fourth-order valence-electron chi connectivity index (χ4n) is 3.42. The van der Waals surface area contributed by atoms with E-state index in [4.69, 9.17) is 11.6 Å². The highest BCUT2D eigenvalue weighted by atomic mass is 35.5. The summed E-state index contributed by atoms with van der Waals surface area (Å²) in [5, 5.41) is 3.21. The van der Waals surface area contributed by atoms with Gasteiger partial charge in [0.1, 0.15) is 6.54 Å². The lowest BCUT2D eigenvalue weighted by Gasteiger charge is -2.39. The lowest BCUT2D eigenvalue weighted by Crippen LogP contribution is -2.59. The van der Waals surface area contributed by atoms with Crippen LogP contribution >= 0.6 is 11.6 Å². The maximum absolute atomic E-state index is 12.6. The van der Waals surface area contributed by atoms with Crippen molar-refractivity contribution in [3.63, 3.8) is 0 Å². The van der Waals surface area contributed by atoms with Gasteiger partial charge in [-0.25, -0.2) is 0 Å². The van der Waals surface area contributed by atoms with Crippen LogP contribution in [-0.4, -0.2) is 39.7 Å². The van der Waals surface area contributed by atoms with Crippen LogP contribution in [0.5, 0.6) is 0 Å². The molecule has 3 rings (SSSR count). The molecule has 1 fully saturated rings. The van der Waals surface area contributed by atoms with Crippen molar-refractivity contribution in [1.82, 2.24) is 10.2 Å². The summed E-state index contributed by atoms with van der Waals surface area (Å²) < 4.78 is 12.6. The molecule has 1 N–H and O–H groups in total. The average Bonchev–Trinajstić information content (AvgIpc) is 2.76. The molecule has 2 aromatic carbocycles. The zero-order valence-corrected chi connectivity index (χ0v) is 18.5. The Morgan fingerprint density at radius 1 is 1.07 bits per heavy atom. The van der Waals surface area contributed by atoms with Crippen molar-refractivity contribution in [1.29, 1.82) is 0 Å². The highest BCUT2D eigenvalue weighted by Crippen LogP contribution is 2.29. The van der Waals surface area contributed by atoms with E-state index in [-0.39, 0.29) is 24.8 Å². The van der Waals surface area contributed by atoms with E-state index >= 15 is 0 Å². The smallest absolute Gasteiger partial charge is 0.239 e. The Labute approximate surface area is 186 Å². The topological polar surface area (TPSA) is 72.5 Å². The molecule has 0 bridgehead atoms. The van der Waals surface area contributed by atoms with Crippen LogP contribution in [0, 0.1) is 0 Å². The van der Waals surface area contributed by atoms with Crippen LogP contribution in [0.3, 0.4) is 0 Å². The Hall–Kier alpha value is -2.02. The Balaban J connectivity index is 1.29. The predicted octanol–water partition coefficient (Wildman–Crippen LogP) is 3.93.